The van der Waals surface area contributed by atoms with E-state index in [4.69, 9.17) is 11.6 Å². The summed E-state index contributed by atoms with van der Waals surface area (Å²) in [5, 5.41) is 3.40. The van der Waals surface area contributed by atoms with Crippen molar-refractivity contribution in [2.45, 2.75) is 77.9 Å². The van der Waals surface area contributed by atoms with E-state index in [9.17, 15) is 18.0 Å². The van der Waals surface area contributed by atoms with Crippen LogP contribution >= 0.6 is 11.6 Å². The molecule has 0 saturated carbocycles. The smallest absolute Gasteiger partial charge is 0.264 e. The Kier molecular flexibility index (Phi) is 11.0. The molecular formula is C32H40ClN3O4S. The Bertz CT molecular complexity index is 1470. The first-order chi connectivity index (χ1) is 19.4. The van der Waals surface area contributed by atoms with Crippen LogP contribution < -0.4 is 9.62 Å². The lowest BCUT2D eigenvalue weighted by atomic mass is 10.1. The van der Waals surface area contributed by atoms with Crippen LogP contribution in [-0.4, -0.2) is 43.8 Å². The van der Waals surface area contributed by atoms with Crippen LogP contribution in [0.5, 0.6) is 0 Å². The molecule has 0 saturated heterocycles. The Morgan fingerprint density at radius 1 is 0.878 bits per heavy atom. The van der Waals surface area contributed by atoms with Crippen LogP contribution in [-0.2, 0) is 26.2 Å². The summed E-state index contributed by atoms with van der Waals surface area (Å²) in [7, 11) is -4.16. The van der Waals surface area contributed by atoms with Gasteiger partial charge in [0.25, 0.3) is 10.0 Å². The fourth-order valence-electron chi connectivity index (χ4n) is 4.47. The minimum absolute atomic E-state index is 0.0138. The molecule has 9 heteroatoms. The van der Waals surface area contributed by atoms with Crippen molar-refractivity contribution in [3.05, 3.63) is 94.0 Å². The molecule has 3 aromatic carbocycles. The highest BCUT2D eigenvalue weighted by Crippen LogP contribution is 2.27. The molecule has 2 amide bonds. The van der Waals surface area contributed by atoms with Crippen LogP contribution in [0.1, 0.15) is 55.9 Å². The average Bonchev–Trinajstić information content (AvgIpc) is 2.94. The summed E-state index contributed by atoms with van der Waals surface area (Å²) >= 11 is 6.03. The molecule has 0 heterocycles. The second kappa shape index (κ2) is 14.0. The summed E-state index contributed by atoms with van der Waals surface area (Å²) in [5.74, 6) is -0.739. The maximum atomic E-state index is 14.2. The molecule has 7 nitrogen and oxygen atoms in total. The summed E-state index contributed by atoms with van der Waals surface area (Å²) in [4.78, 5) is 29.1. The van der Waals surface area contributed by atoms with E-state index in [0.29, 0.717) is 17.1 Å². The van der Waals surface area contributed by atoms with Crippen molar-refractivity contribution in [1.29, 1.82) is 0 Å². The van der Waals surface area contributed by atoms with E-state index >= 15 is 0 Å². The van der Waals surface area contributed by atoms with E-state index in [1.54, 1.807) is 12.1 Å². The van der Waals surface area contributed by atoms with Crippen molar-refractivity contribution in [2.24, 2.45) is 0 Å². The number of amides is 2. The predicted molar refractivity (Wildman–Crippen MR) is 166 cm³/mol. The highest BCUT2D eigenvalue weighted by molar-refractivity contribution is 7.92. The topological polar surface area (TPSA) is 86.8 Å². The lowest BCUT2D eigenvalue weighted by Gasteiger charge is -2.34. The van der Waals surface area contributed by atoms with E-state index in [1.807, 2.05) is 71.9 Å². The molecule has 220 valence electrons. The molecule has 0 radical (unpaired) electrons. The lowest BCUT2D eigenvalue weighted by molar-refractivity contribution is -0.140. The summed E-state index contributed by atoms with van der Waals surface area (Å²) < 4.78 is 29.1. The molecule has 0 spiro atoms. The zero-order valence-electron chi connectivity index (χ0n) is 24.6. The summed E-state index contributed by atoms with van der Waals surface area (Å²) in [6.07, 6.45) is 1.11. The maximum Gasteiger partial charge on any atom is 0.264 e. The van der Waals surface area contributed by atoms with Gasteiger partial charge in [0.1, 0.15) is 12.6 Å². The van der Waals surface area contributed by atoms with Gasteiger partial charge in [-0.25, -0.2) is 8.42 Å². The van der Waals surface area contributed by atoms with E-state index in [1.165, 1.54) is 29.2 Å². The number of benzene rings is 3. The minimum atomic E-state index is -4.16. The Balaban J connectivity index is 2.10. The molecule has 0 aliphatic carbocycles. The zero-order chi connectivity index (χ0) is 30.3. The Hall–Kier alpha value is -3.36. The third-order valence-corrected chi connectivity index (χ3v) is 9.49. The Morgan fingerprint density at radius 3 is 2.12 bits per heavy atom. The molecule has 1 N–H and O–H groups in total. The number of nitrogens with one attached hydrogen (secondary N) is 1. The van der Waals surface area contributed by atoms with Crippen LogP contribution in [0.3, 0.4) is 0 Å². The van der Waals surface area contributed by atoms with E-state index < -0.39 is 28.5 Å². The number of hydrogen-bond acceptors (Lipinski definition) is 4. The van der Waals surface area contributed by atoms with Gasteiger partial charge in [-0.3, -0.25) is 13.9 Å². The van der Waals surface area contributed by atoms with E-state index in [-0.39, 0.29) is 23.4 Å². The standard InChI is InChI=1S/C32H40ClN3O4S/c1-7-25(6)34-32(38)30(8-2)35(20-26-12-10-9-11-23(26)4)31(37)21-36(28-16-13-22(3)24(5)19-28)41(39,40)29-17-14-27(33)15-18-29/h9-19,25,30H,7-8,20-21H2,1-6H3,(H,34,38)/t25-,30-/m0/s1. The minimum Gasteiger partial charge on any atom is -0.352 e. The first-order valence-electron chi connectivity index (χ1n) is 13.9. The van der Waals surface area contributed by atoms with Gasteiger partial charge >= 0.3 is 0 Å². The Morgan fingerprint density at radius 2 is 1.54 bits per heavy atom. The van der Waals surface area contributed by atoms with Gasteiger partial charge in [-0.2, -0.15) is 0 Å². The van der Waals surface area contributed by atoms with Crippen LogP contribution in [0.4, 0.5) is 5.69 Å². The number of nitrogens with zero attached hydrogens (tertiary/aromatic N) is 2. The summed E-state index contributed by atoms with van der Waals surface area (Å²) in [6, 6.07) is 18.0. The second-order valence-electron chi connectivity index (χ2n) is 10.4. The number of halogens is 1. The molecule has 3 rings (SSSR count). The van der Waals surface area contributed by atoms with Crippen molar-refractivity contribution in [2.75, 3.05) is 10.8 Å². The number of rotatable bonds is 12. The molecule has 0 aliphatic heterocycles. The van der Waals surface area contributed by atoms with Gasteiger partial charge in [0.2, 0.25) is 11.8 Å². The number of sulfonamides is 1. The van der Waals surface area contributed by atoms with Crippen molar-refractivity contribution in [3.8, 4) is 0 Å². The highest BCUT2D eigenvalue weighted by atomic mass is 35.5. The molecular weight excluding hydrogens is 558 g/mol. The number of carbonyl (C=O) groups excluding carboxylic acids is 2. The van der Waals surface area contributed by atoms with Gasteiger partial charge in [-0.05, 0) is 99.2 Å². The van der Waals surface area contributed by atoms with Gasteiger partial charge in [-0.1, -0.05) is 55.8 Å². The van der Waals surface area contributed by atoms with Crippen molar-refractivity contribution < 1.29 is 18.0 Å². The van der Waals surface area contributed by atoms with E-state index in [2.05, 4.69) is 5.32 Å². The van der Waals surface area contributed by atoms with Crippen molar-refractivity contribution in [3.63, 3.8) is 0 Å². The van der Waals surface area contributed by atoms with Crippen LogP contribution in [0.25, 0.3) is 0 Å². The Labute approximate surface area is 249 Å². The highest BCUT2D eigenvalue weighted by Gasteiger charge is 2.34. The predicted octanol–water partition coefficient (Wildman–Crippen LogP) is 6.18. The van der Waals surface area contributed by atoms with Crippen LogP contribution in [0.15, 0.2) is 71.6 Å². The first-order valence-corrected chi connectivity index (χ1v) is 15.7. The monoisotopic (exact) mass is 597 g/mol. The molecule has 0 unspecified atom stereocenters. The summed E-state index contributed by atoms with van der Waals surface area (Å²) in [5.41, 5.74) is 4.11. The molecule has 3 aromatic rings. The van der Waals surface area contributed by atoms with Gasteiger partial charge in [0.15, 0.2) is 0 Å². The van der Waals surface area contributed by atoms with Crippen molar-refractivity contribution >= 4 is 39.1 Å². The fourth-order valence-corrected chi connectivity index (χ4v) is 6.01. The number of anilines is 1. The van der Waals surface area contributed by atoms with E-state index in [0.717, 1.165) is 33.0 Å². The molecule has 0 bridgehead atoms. The normalized spacial score (nSPS) is 12.9. The van der Waals surface area contributed by atoms with Gasteiger partial charge in [-0.15, -0.1) is 0 Å². The van der Waals surface area contributed by atoms with Crippen molar-refractivity contribution in [1.82, 2.24) is 10.2 Å². The zero-order valence-corrected chi connectivity index (χ0v) is 26.2. The largest absolute Gasteiger partial charge is 0.352 e. The van der Waals surface area contributed by atoms with Crippen LogP contribution in [0, 0.1) is 20.8 Å². The molecule has 41 heavy (non-hydrogen) atoms. The van der Waals surface area contributed by atoms with Gasteiger partial charge in [0.05, 0.1) is 10.6 Å². The fraction of sp³-hybridized carbons (Fsp3) is 0.375. The average molecular weight is 598 g/mol. The SMILES string of the molecule is CC[C@H](C)NC(=O)[C@H](CC)N(Cc1ccccc1C)C(=O)CN(c1ccc(C)c(C)c1)S(=O)(=O)c1ccc(Cl)cc1. The third kappa shape index (κ3) is 7.89. The number of carbonyl (C=O) groups is 2. The second-order valence-corrected chi connectivity index (χ2v) is 12.7. The maximum absolute atomic E-state index is 14.2. The number of hydrogen-bond donors (Lipinski definition) is 1. The molecule has 0 aliphatic rings. The lowest BCUT2D eigenvalue weighted by Crippen LogP contribution is -2.53. The molecule has 2 atom stereocenters. The first kappa shape index (κ1) is 32.2. The molecule has 0 fully saturated rings. The summed E-state index contributed by atoms with van der Waals surface area (Å²) in [6.45, 7) is 11.2. The van der Waals surface area contributed by atoms with Crippen LogP contribution in [0.2, 0.25) is 5.02 Å². The third-order valence-electron chi connectivity index (χ3n) is 7.45. The molecule has 0 aromatic heterocycles. The quantitative estimate of drug-likeness (QED) is 0.270. The number of aryl methyl sites for hydroxylation is 3. The van der Waals surface area contributed by atoms with Gasteiger partial charge < -0.3 is 10.2 Å². The van der Waals surface area contributed by atoms with Gasteiger partial charge in [0, 0.05) is 17.6 Å².